The molecule has 0 spiro atoms. The highest BCUT2D eigenvalue weighted by Crippen LogP contribution is 1.99. The molecule has 0 atom stereocenters. The van der Waals surface area contributed by atoms with Crippen molar-refractivity contribution in [2.75, 3.05) is 0 Å². The molecular weight excluding hydrogens is 220 g/mol. The van der Waals surface area contributed by atoms with Crippen molar-refractivity contribution in [1.82, 2.24) is 10.3 Å². The van der Waals surface area contributed by atoms with E-state index in [-0.39, 0.29) is 12.4 Å². The monoisotopic (exact) mass is 234 g/mol. The lowest BCUT2D eigenvalue weighted by atomic mass is 10.2. The lowest BCUT2D eigenvalue weighted by molar-refractivity contribution is 0.691. The van der Waals surface area contributed by atoms with Crippen LogP contribution < -0.4 is 5.32 Å². The van der Waals surface area contributed by atoms with Gasteiger partial charge in [-0.1, -0.05) is 36.4 Å². The lowest BCUT2D eigenvalue weighted by Crippen LogP contribution is -2.12. The van der Waals surface area contributed by atoms with E-state index in [0.29, 0.717) is 0 Å². The zero-order chi connectivity index (χ0) is 10.3. The van der Waals surface area contributed by atoms with Gasteiger partial charge in [0.15, 0.2) is 0 Å². The summed E-state index contributed by atoms with van der Waals surface area (Å²) in [5.41, 5.74) is 2.52. The van der Waals surface area contributed by atoms with Crippen molar-refractivity contribution < 1.29 is 0 Å². The van der Waals surface area contributed by atoms with Crippen LogP contribution in [0.1, 0.15) is 11.1 Å². The molecule has 1 aromatic carbocycles. The average Bonchev–Trinajstić information content (AvgIpc) is 2.32. The first-order chi connectivity index (χ1) is 7.45. The molecule has 2 rings (SSSR count). The zero-order valence-corrected chi connectivity index (χ0v) is 9.78. The van der Waals surface area contributed by atoms with Crippen LogP contribution in [0.2, 0.25) is 0 Å². The smallest absolute Gasteiger partial charge is 0.0312 e. The van der Waals surface area contributed by atoms with Crippen molar-refractivity contribution in [3.05, 3.63) is 66.0 Å². The number of rotatable bonds is 4. The Hall–Kier alpha value is -1.38. The fourth-order valence-corrected chi connectivity index (χ4v) is 1.45. The van der Waals surface area contributed by atoms with Crippen LogP contribution in [-0.4, -0.2) is 4.98 Å². The Morgan fingerprint density at radius 3 is 2.25 bits per heavy atom. The Kier molecular flexibility index (Phi) is 5.54. The highest BCUT2D eigenvalue weighted by atomic mass is 35.5. The van der Waals surface area contributed by atoms with Gasteiger partial charge in [-0.25, -0.2) is 0 Å². The van der Waals surface area contributed by atoms with Crippen LogP contribution in [0.4, 0.5) is 0 Å². The Bertz CT molecular complexity index is 350. The maximum absolute atomic E-state index is 4.07. The first kappa shape index (κ1) is 12.7. The van der Waals surface area contributed by atoms with E-state index in [9.17, 15) is 0 Å². The van der Waals surface area contributed by atoms with Crippen molar-refractivity contribution >= 4 is 12.4 Å². The molecule has 0 bridgehead atoms. The van der Waals surface area contributed by atoms with E-state index in [2.05, 4.69) is 40.6 Å². The van der Waals surface area contributed by atoms with Gasteiger partial charge in [-0.2, -0.15) is 0 Å². The number of pyridine rings is 1. The quantitative estimate of drug-likeness (QED) is 0.880. The second-order valence-corrected chi connectivity index (χ2v) is 3.45. The fraction of sp³-hybridized carbons (Fsp3) is 0.154. The number of benzene rings is 1. The van der Waals surface area contributed by atoms with Crippen molar-refractivity contribution in [2.45, 2.75) is 13.1 Å². The Morgan fingerprint density at radius 1 is 0.875 bits per heavy atom. The maximum atomic E-state index is 4.07. The molecule has 84 valence electrons. The highest BCUT2D eigenvalue weighted by molar-refractivity contribution is 5.85. The van der Waals surface area contributed by atoms with Gasteiger partial charge in [0.05, 0.1) is 0 Å². The lowest BCUT2D eigenvalue weighted by Gasteiger charge is -2.04. The van der Waals surface area contributed by atoms with Crippen molar-refractivity contribution in [3.8, 4) is 0 Å². The largest absolute Gasteiger partial charge is 0.309 e. The molecule has 0 saturated carbocycles. The van der Waals surface area contributed by atoms with Crippen molar-refractivity contribution in [1.29, 1.82) is 0 Å². The summed E-state index contributed by atoms with van der Waals surface area (Å²) in [7, 11) is 0. The van der Waals surface area contributed by atoms with Crippen LogP contribution in [0.25, 0.3) is 0 Å². The number of hydrogen-bond acceptors (Lipinski definition) is 2. The molecule has 2 nitrogen and oxygen atoms in total. The molecule has 0 fully saturated rings. The van der Waals surface area contributed by atoms with E-state index in [4.69, 9.17) is 0 Å². The molecule has 3 heteroatoms. The third kappa shape index (κ3) is 4.01. The average molecular weight is 235 g/mol. The second kappa shape index (κ2) is 6.99. The Morgan fingerprint density at radius 2 is 1.56 bits per heavy atom. The third-order valence-corrected chi connectivity index (χ3v) is 2.22. The van der Waals surface area contributed by atoms with Crippen molar-refractivity contribution in [2.24, 2.45) is 0 Å². The van der Waals surface area contributed by atoms with E-state index in [0.717, 1.165) is 13.1 Å². The van der Waals surface area contributed by atoms with Gasteiger partial charge in [-0.3, -0.25) is 4.98 Å². The minimum absolute atomic E-state index is 0. The predicted octanol–water partition coefficient (Wildman–Crippen LogP) is 2.79. The van der Waals surface area contributed by atoms with Gasteiger partial charge in [0.2, 0.25) is 0 Å². The molecule has 1 N–H and O–H groups in total. The third-order valence-electron chi connectivity index (χ3n) is 2.22. The molecule has 0 saturated heterocycles. The number of halogens is 1. The second-order valence-electron chi connectivity index (χ2n) is 3.45. The summed E-state index contributed by atoms with van der Waals surface area (Å²) < 4.78 is 0. The summed E-state index contributed by atoms with van der Waals surface area (Å²) >= 11 is 0. The predicted molar refractivity (Wildman–Crippen MR) is 68.5 cm³/mol. The van der Waals surface area contributed by atoms with E-state index in [1.165, 1.54) is 11.1 Å². The van der Waals surface area contributed by atoms with Crippen molar-refractivity contribution in [3.63, 3.8) is 0 Å². The van der Waals surface area contributed by atoms with Gasteiger partial charge >= 0.3 is 0 Å². The molecular formula is C13H15ClN2. The zero-order valence-electron chi connectivity index (χ0n) is 8.97. The van der Waals surface area contributed by atoms with Gasteiger partial charge in [0, 0.05) is 25.5 Å². The number of hydrogen-bond donors (Lipinski definition) is 1. The molecule has 0 amide bonds. The summed E-state index contributed by atoms with van der Waals surface area (Å²) in [6, 6.07) is 14.4. The van der Waals surface area contributed by atoms with Gasteiger partial charge in [0.25, 0.3) is 0 Å². The Labute approximate surface area is 102 Å². The minimum atomic E-state index is 0. The maximum Gasteiger partial charge on any atom is 0.0312 e. The molecule has 1 aromatic heterocycles. The molecule has 1 heterocycles. The number of aromatic nitrogens is 1. The SMILES string of the molecule is Cl.c1ccc(CNCc2cccnc2)cc1. The molecule has 0 aliphatic rings. The summed E-state index contributed by atoms with van der Waals surface area (Å²) in [6.45, 7) is 1.76. The van der Waals surface area contributed by atoms with Gasteiger partial charge < -0.3 is 5.32 Å². The summed E-state index contributed by atoms with van der Waals surface area (Å²) in [5.74, 6) is 0. The normalized spacial score (nSPS) is 9.50. The first-order valence-corrected chi connectivity index (χ1v) is 5.09. The van der Waals surface area contributed by atoms with E-state index >= 15 is 0 Å². The van der Waals surface area contributed by atoms with Crippen LogP contribution in [0.3, 0.4) is 0 Å². The standard InChI is InChI=1S/C13H14N2.ClH/c1-2-5-12(6-3-1)9-15-11-13-7-4-8-14-10-13;/h1-8,10,15H,9,11H2;1H. The van der Waals surface area contributed by atoms with Gasteiger partial charge in [0.1, 0.15) is 0 Å². The van der Waals surface area contributed by atoms with Crippen LogP contribution in [0.15, 0.2) is 54.9 Å². The molecule has 16 heavy (non-hydrogen) atoms. The number of nitrogens with zero attached hydrogens (tertiary/aromatic N) is 1. The molecule has 0 aliphatic heterocycles. The molecule has 0 unspecified atom stereocenters. The summed E-state index contributed by atoms with van der Waals surface area (Å²) in [5, 5.41) is 3.38. The van der Waals surface area contributed by atoms with E-state index < -0.39 is 0 Å². The highest BCUT2D eigenvalue weighted by Gasteiger charge is 1.92. The van der Waals surface area contributed by atoms with E-state index in [1.54, 1.807) is 6.20 Å². The topological polar surface area (TPSA) is 24.9 Å². The van der Waals surface area contributed by atoms with Crippen LogP contribution in [-0.2, 0) is 13.1 Å². The van der Waals surface area contributed by atoms with Crippen LogP contribution in [0.5, 0.6) is 0 Å². The molecule has 0 aliphatic carbocycles. The summed E-state index contributed by atoms with van der Waals surface area (Å²) in [4.78, 5) is 4.07. The van der Waals surface area contributed by atoms with Crippen LogP contribution in [0, 0.1) is 0 Å². The van der Waals surface area contributed by atoms with E-state index in [1.807, 2.05) is 18.3 Å². The molecule has 0 radical (unpaired) electrons. The van der Waals surface area contributed by atoms with Crippen LogP contribution >= 0.6 is 12.4 Å². The first-order valence-electron chi connectivity index (χ1n) is 5.09. The Balaban J connectivity index is 0.00000128. The fourth-order valence-electron chi connectivity index (χ4n) is 1.45. The number of nitrogens with one attached hydrogen (secondary N) is 1. The summed E-state index contributed by atoms with van der Waals surface area (Å²) in [6.07, 6.45) is 3.68. The molecule has 2 aromatic rings. The minimum Gasteiger partial charge on any atom is -0.309 e. The van der Waals surface area contributed by atoms with Gasteiger partial charge in [-0.05, 0) is 17.2 Å². The van der Waals surface area contributed by atoms with Gasteiger partial charge in [-0.15, -0.1) is 12.4 Å².